The Balaban J connectivity index is 1.59. The number of rotatable bonds is 4. The van der Waals surface area contributed by atoms with Crippen LogP contribution in [0.25, 0.3) is 17.2 Å². The molecule has 0 saturated heterocycles. The third-order valence-corrected chi connectivity index (χ3v) is 4.78. The number of allylic oxidation sites excluding steroid dienone is 1. The van der Waals surface area contributed by atoms with Crippen LogP contribution in [0.1, 0.15) is 34.8 Å². The number of aryl methyl sites for hydroxylation is 1. The largest absolute Gasteiger partial charge is 0.452 e. The van der Waals surface area contributed by atoms with Crippen LogP contribution in [0.5, 0.6) is 11.5 Å². The molecule has 1 aliphatic heterocycles. The van der Waals surface area contributed by atoms with Crippen molar-refractivity contribution in [1.29, 1.82) is 0 Å². The summed E-state index contributed by atoms with van der Waals surface area (Å²) in [6.07, 6.45) is 2.01. The molecule has 0 spiro atoms. The molecule has 0 aliphatic carbocycles. The number of Topliss-reactive ketones (excluding diaryl/α,β-unsaturated/α-hetero) is 1. The van der Waals surface area contributed by atoms with E-state index in [9.17, 15) is 9.59 Å². The van der Waals surface area contributed by atoms with Crippen molar-refractivity contribution in [1.82, 2.24) is 0 Å². The second kappa shape index (κ2) is 7.76. The van der Waals surface area contributed by atoms with Gasteiger partial charge in [-0.25, -0.2) is 0 Å². The lowest BCUT2D eigenvalue weighted by atomic mass is 10.0. The Morgan fingerprint density at radius 1 is 1.00 bits per heavy atom. The highest BCUT2D eigenvalue weighted by atomic mass is 16.5. The van der Waals surface area contributed by atoms with E-state index in [2.05, 4.69) is 12.1 Å². The Morgan fingerprint density at radius 3 is 2.38 bits per heavy atom. The maximum Gasteiger partial charge on any atom is 0.310 e. The first-order valence-electron chi connectivity index (χ1n) is 9.50. The molecule has 0 amide bonds. The third kappa shape index (κ3) is 3.83. The average molecular weight is 384 g/mol. The van der Waals surface area contributed by atoms with Gasteiger partial charge in [-0.15, -0.1) is 0 Å². The van der Waals surface area contributed by atoms with Crippen LogP contribution in [0.4, 0.5) is 0 Å². The highest BCUT2D eigenvalue weighted by Gasteiger charge is 2.30. The smallest absolute Gasteiger partial charge is 0.310 e. The van der Waals surface area contributed by atoms with E-state index in [4.69, 9.17) is 9.47 Å². The topological polar surface area (TPSA) is 52.6 Å². The van der Waals surface area contributed by atoms with Gasteiger partial charge in [-0.1, -0.05) is 61.5 Å². The van der Waals surface area contributed by atoms with Gasteiger partial charge >= 0.3 is 5.97 Å². The summed E-state index contributed by atoms with van der Waals surface area (Å²) in [5.74, 6) is 0.561. The molecule has 4 nitrogen and oxygen atoms in total. The van der Waals surface area contributed by atoms with Crippen LogP contribution in [0.15, 0.2) is 72.5 Å². The van der Waals surface area contributed by atoms with Gasteiger partial charge in [-0.3, -0.25) is 9.59 Å². The van der Waals surface area contributed by atoms with Crippen LogP contribution in [-0.2, 0) is 4.79 Å². The lowest BCUT2D eigenvalue weighted by Gasteiger charge is -2.06. The van der Waals surface area contributed by atoms with Gasteiger partial charge in [0.2, 0.25) is 5.78 Å². The number of benzene rings is 3. The van der Waals surface area contributed by atoms with Crippen LogP contribution in [0, 0.1) is 6.92 Å². The van der Waals surface area contributed by atoms with E-state index in [1.165, 1.54) is 0 Å². The van der Waals surface area contributed by atoms with Crippen molar-refractivity contribution >= 4 is 17.8 Å². The van der Waals surface area contributed by atoms with Gasteiger partial charge in [0.25, 0.3) is 0 Å². The molecule has 0 atom stereocenters. The molecule has 3 aromatic rings. The number of fused-ring (bicyclic) bond motifs is 1. The van der Waals surface area contributed by atoms with E-state index in [-0.39, 0.29) is 23.9 Å². The van der Waals surface area contributed by atoms with Crippen molar-refractivity contribution in [2.45, 2.75) is 20.3 Å². The number of esters is 1. The number of ether oxygens (including phenoxy) is 2. The molecule has 0 unspecified atom stereocenters. The van der Waals surface area contributed by atoms with Crippen LogP contribution < -0.4 is 9.47 Å². The highest BCUT2D eigenvalue weighted by molar-refractivity contribution is 6.15. The zero-order valence-electron chi connectivity index (χ0n) is 16.3. The van der Waals surface area contributed by atoms with Gasteiger partial charge in [0.05, 0.1) is 5.56 Å². The second-order valence-corrected chi connectivity index (χ2v) is 6.87. The first-order chi connectivity index (χ1) is 14.0. The molecule has 4 rings (SSSR count). The summed E-state index contributed by atoms with van der Waals surface area (Å²) < 4.78 is 11.1. The van der Waals surface area contributed by atoms with E-state index < -0.39 is 0 Å². The molecule has 1 heterocycles. The third-order valence-electron chi connectivity index (χ3n) is 4.78. The minimum Gasteiger partial charge on any atom is -0.452 e. The monoisotopic (exact) mass is 384 g/mol. The van der Waals surface area contributed by atoms with Crippen LogP contribution in [-0.4, -0.2) is 11.8 Å². The molecule has 0 fully saturated rings. The molecule has 0 N–H and O–H groups in total. The van der Waals surface area contributed by atoms with Crippen molar-refractivity contribution in [3.63, 3.8) is 0 Å². The zero-order chi connectivity index (χ0) is 20.4. The van der Waals surface area contributed by atoms with E-state index in [1.54, 1.807) is 32.1 Å². The molecule has 29 heavy (non-hydrogen) atoms. The van der Waals surface area contributed by atoms with E-state index >= 15 is 0 Å². The van der Waals surface area contributed by atoms with Gasteiger partial charge in [0.15, 0.2) is 5.76 Å². The van der Waals surface area contributed by atoms with Gasteiger partial charge in [0.1, 0.15) is 11.5 Å². The number of hydrogen-bond donors (Lipinski definition) is 0. The van der Waals surface area contributed by atoms with Crippen molar-refractivity contribution in [2.75, 3.05) is 0 Å². The fourth-order valence-corrected chi connectivity index (χ4v) is 3.29. The average Bonchev–Trinajstić information content (AvgIpc) is 3.04. The Morgan fingerprint density at radius 2 is 1.69 bits per heavy atom. The molecule has 0 radical (unpaired) electrons. The van der Waals surface area contributed by atoms with Gasteiger partial charge in [0, 0.05) is 12.5 Å². The standard InChI is InChI=1S/C25H20O4/c1-3-23(26)28-20-13-16(2)24-21(15-20)29-22(25(24)27)14-17-9-11-19(12-10-17)18-7-5-4-6-8-18/h4-15H,3H2,1-2H3/b22-14-. The number of carbonyl (C=O) groups is 2. The molecular formula is C25H20O4. The lowest BCUT2D eigenvalue weighted by molar-refractivity contribution is -0.134. The summed E-state index contributed by atoms with van der Waals surface area (Å²) in [5, 5.41) is 0. The van der Waals surface area contributed by atoms with Crippen molar-refractivity contribution < 1.29 is 19.1 Å². The van der Waals surface area contributed by atoms with Gasteiger partial charge in [-0.05, 0) is 41.3 Å². The van der Waals surface area contributed by atoms with Crippen LogP contribution in [0.3, 0.4) is 0 Å². The number of ketones is 1. The molecule has 0 bridgehead atoms. The number of carbonyl (C=O) groups excluding carboxylic acids is 2. The summed E-state index contributed by atoms with van der Waals surface area (Å²) >= 11 is 0. The predicted octanol–water partition coefficient (Wildman–Crippen LogP) is 5.59. The van der Waals surface area contributed by atoms with Gasteiger partial charge in [-0.2, -0.15) is 0 Å². The van der Waals surface area contributed by atoms with E-state index in [1.807, 2.05) is 42.5 Å². The fraction of sp³-hybridized carbons (Fsp3) is 0.120. The fourth-order valence-electron chi connectivity index (χ4n) is 3.29. The maximum absolute atomic E-state index is 12.8. The summed E-state index contributed by atoms with van der Waals surface area (Å²) in [5.41, 5.74) is 4.34. The summed E-state index contributed by atoms with van der Waals surface area (Å²) in [7, 11) is 0. The Kier molecular flexibility index (Phi) is 5.00. The summed E-state index contributed by atoms with van der Waals surface area (Å²) in [6.45, 7) is 3.54. The first kappa shape index (κ1) is 18.7. The molecular weight excluding hydrogens is 364 g/mol. The Labute approximate surface area is 169 Å². The Bertz CT molecular complexity index is 1110. The number of hydrogen-bond acceptors (Lipinski definition) is 4. The molecule has 3 aromatic carbocycles. The van der Waals surface area contributed by atoms with Crippen LogP contribution in [0.2, 0.25) is 0 Å². The maximum atomic E-state index is 12.8. The summed E-state index contributed by atoms with van der Waals surface area (Å²) in [4.78, 5) is 24.4. The molecule has 1 aliphatic rings. The minimum atomic E-state index is -0.331. The summed E-state index contributed by atoms with van der Waals surface area (Å²) in [6, 6.07) is 21.3. The molecule has 0 aromatic heterocycles. The van der Waals surface area contributed by atoms with Crippen molar-refractivity contribution in [3.05, 3.63) is 89.2 Å². The molecule has 144 valence electrons. The van der Waals surface area contributed by atoms with Crippen molar-refractivity contribution in [3.8, 4) is 22.6 Å². The quantitative estimate of drug-likeness (QED) is 0.334. The van der Waals surface area contributed by atoms with E-state index in [0.29, 0.717) is 22.6 Å². The second-order valence-electron chi connectivity index (χ2n) is 6.87. The lowest BCUT2D eigenvalue weighted by Crippen LogP contribution is -2.06. The Hall–Kier alpha value is -3.66. The van der Waals surface area contributed by atoms with Crippen molar-refractivity contribution in [2.24, 2.45) is 0 Å². The molecule has 0 saturated carbocycles. The highest BCUT2D eigenvalue weighted by Crippen LogP contribution is 2.37. The first-order valence-corrected chi connectivity index (χ1v) is 9.50. The SMILES string of the molecule is CCC(=O)Oc1cc(C)c2c(c1)O/C(=C\c1ccc(-c3ccccc3)cc1)C2=O. The zero-order valence-corrected chi connectivity index (χ0v) is 16.3. The van der Waals surface area contributed by atoms with E-state index in [0.717, 1.165) is 16.7 Å². The normalized spacial score (nSPS) is 13.9. The minimum absolute atomic E-state index is 0.169. The molecule has 4 heteroatoms. The van der Waals surface area contributed by atoms with Gasteiger partial charge < -0.3 is 9.47 Å². The predicted molar refractivity (Wildman–Crippen MR) is 112 cm³/mol. The van der Waals surface area contributed by atoms with Crippen LogP contribution >= 0.6 is 0 Å².